The maximum Gasteiger partial charge on any atom is 0.349 e. The van der Waals surface area contributed by atoms with E-state index in [4.69, 9.17) is 33.2 Å². The summed E-state index contributed by atoms with van der Waals surface area (Å²) in [5.74, 6) is 0.434. The Morgan fingerprint density at radius 2 is 1.80 bits per heavy atom. The number of pyridine rings is 1. The lowest BCUT2D eigenvalue weighted by Crippen LogP contribution is -2.33. The fourth-order valence-electron chi connectivity index (χ4n) is 2.95. The average molecular weight is 448 g/mol. The van der Waals surface area contributed by atoms with E-state index in [1.165, 1.54) is 18.3 Å². The molecule has 0 radical (unpaired) electrons. The predicted octanol–water partition coefficient (Wildman–Crippen LogP) is 3.01. The minimum Gasteiger partial charge on any atom is -0.452 e. The van der Waals surface area contributed by atoms with E-state index in [-0.39, 0.29) is 33.0 Å². The van der Waals surface area contributed by atoms with Crippen LogP contribution in [-0.4, -0.2) is 19.7 Å². The molecule has 30 heavy (non-hydrogen) atoms. The molecule has 0 amide bonds. The second-order valence-electron chi connectivity index (χ2n) is 6.65. The number of aromatic amines is 2. The monoisotopic (exact) mass is 447 g/mol. The van der Waals surface area contributed by atoms with E-state index < -0.39 is 16.9 Å². The molecule has 0 aliphatic rings. The van der Waals surface area contributed by atoms with Gasteiger partial charge in [-0.15, -0.1) is 5.10 Å². The minimum absolute atomic E-state index is 0.0295. The van der Waals surface area contributed by atoms with Gasteiger partial charge in [0.25, 0.3) is 11.1 Å². The van der Waals surface area contributed by atoms with Crippen LogP contribution in [0.2, 0.25) is 10.0 Å². The lowest BCUT2D eigenvalue weighted by molar-refractivity contribution is 0.474. The summed E-state index contributed by atoms with van der Waals surface area (Å²) >= 11 is 12.6. The third-order valence-corrected chi connectivity index (χ3v) is 4.86. The smallest absolute Gasteiger partial charge is 0.349 e. The molecule has 0 aliphatic carbocycles. The topological polar surface area (TPSA) is 134 Å². The second-order valence-corrected chi connectivity index (χ2v) is 7.46. The van der Waals surface area contributed by atoms with Gasteiger partial charge in [-0.05, 0) is 25.0 Å². The number of hydrogen-bond acceptors (Lipinski definition) is 6. The van der Waals surface area contributed by atoms with Crippen molar-refractivity contribution in [3.8, 4) is 23.3 Å². The lowest BCUT2D eigenvalue weighted by Gasteiger charge is -2.16. The summed E-state index contributed by atoms with van der Waals surface area (Å²) < 4.78 is 6.64. The van der Waals surface area contributed by atoms with Gasteiger partial charge in [-0.25, -0.2) is 4.79 Å². The molecule has 0 fully saturated rings. The maximum absolute atomic E-state index is 12.1. The van der Waals surface area contributed by atoms with Crippen molar-refractivity contribution in [1.82, 2.24) is 19.7 Å². The Labute approximate surface area is 179 Å². The standard InChI is InChI=1S/C19H15Cl2N5O4/c1-8(2)15-9(3)14(7-23-18(15)28)30-16-11(20)4-10(5-12(16)21)26-19(29)24-17(27)13(6-22)25-26/h4-5,7-8H,1-3H3,(H,23,28)(H,24,27,29). The first-order chi connectivity index (χ1) is 14.1. The summed E-state index contributed by atoms with van der Waals surface area (Å²) in [5, 5.41) is 12.8. The van der Waals surface area contributed by atoms with Gasteiger partial charge in [0.05, 0.1) is 15.7 Å². The number of aromatic nitrogens is 4. The van der Waals surface area contributed by atoms with Crippen LogP contribution >= 0.6 is 23.2 Å². The summed E-state index contributed by atoms with van der Waals surface area (Å²) in [7, 11) is 0. The van der Waals surface area contributed by atoms with Crippen molar-refractivity contribution in [3.63, 3.8) is 0 Å². The molecule has 1 aromatic carbocycles. The normalized spacial score (nSPS) is 10.8. The number of H-pyrrole nitrogens is 2. The first kappa shape index (κ1) is 21.4. The Kier molecular flexibility index (Phi) is 5.82. The molecule has 9 nitrogen and oxygen atoms in total. The van der Waals surface area contributed by atoms with Gasteiger partial charge in [-0.3, -0.25) is 14.6 Å². The van der Waals surface area contributed by atoms with Gasteiger partial charge >= 0.3 is 5.69 Å². The maximum atomic E-state index is 12.1. The summed E-state index contributed by atoms with van der Waals surface area (Å²) in [6.45, 7) is 5.53. The fraction of sp³-hybridized carbons (Fsp3) is 0.211. The summed E-state index contributed by atoms with van der Waals surface area (Å²) in [6.07, 6.45) is 1.41. The van der Waals surface area contributed by atoms with Crippen molar-refractivity contribution in [2.75, 3.05) is 0 Å². The number of rotatable bonds is 4. The van der Waals surface area contributed by atoms with Crippen LogP contribution in [0.3, 0.4) is 0 Å². The largest absolute Gasteiger partial charge is 0.452 e. The number of benzene rings is 1. The van der Waals surface area contributed by atoms with E-state index in [1.807, 2.05) is 18.8 Å². The number of hydrogen-bond donors (Lipinski definition) is 2. The zero-order valence-corrected chi connectivity index (χ0v) is 17.6. The lowest BCUT2D eigenvalue weighted by atomic mass is 10.00. The summed E-state index contributed by atoms with van der Waals surface area (Å²) in [5.41, 5.74) is -1.13. The molecule has 2 heterocycles. The van der Waals surface area contributed by atoms with Gasteiger partial charge in [-0.2, -0.15) is 9.94 Å². The first-order valence-corrected chi connectivity index (χ1v) is 9.42. The Morgan fingerprint density at radius 3 is 2.37 bits per heavy atom. The molecule has 0 spiro atoms. The van der Waals surface area contributed by atoms with E-state index in [2.05, 4.69) is 10.1 Å². The predicted molar refractivity (Wildman–Crippen MR) is 111 cm³/mol. The number of halogens is 2. The van der Waals surface area contributed by atoms with E-state index in [0.29, 0.717) is 16.9 Å². The SMILES string of the molecule is Cc1c(Oc2c(Cl)cc(-n3nc(C#N)c(=O)[nH]c3=O)cc2Cl)c[nH]c(=O)c1C(C)C. The van der Waals surface area contributed by atoms with Crippen molar-refractivity contribution in [2.24, 2.45) is 0 Å². The highest BCUT2D eigenvalue weighted by Crippen LogP contribution is 2.39. The van der Waals surface area contributed by atoms with Crippen molar-refractivity contribution in [3.05, 3.63) is 76.4 Å². The minimum atomic E-state index is -0.898. The average Bonchev–Trinajstić information content (AvgIpc) is 2.66. The van der Waals surface area contributed by atoms with Gasteiger partial charge in [0.1, 0.15) is 11.8 Å². The van der Waals surface area contributed by atoms with Gasteiger partial charge < -0.3 is 9.72 Å². The third-order valence-electron chi connectivity index (χ3n) is 4.30. The number of nitrogens with zero attached hydrogens (tertiary/aromatic N) is 3. The van der Waals surface area contributed by atoms with Gasteiger partial charge in [0.15, 0.2) is 5.75 Å². The molecule has 0 saturated carbocycles. The van der Waals surface area contributed by atoms with Gasteiger partial charge in [0.2, 0.25) is 5.69 Å². The molecule has 3 rings (SSSR count). The fourth-order valence-corrected chi connectivity index (χ4v) is 3.50. The molecule has 154 valence electrons. The molecule has 0 saturated heterocycles. The van der Waals surface area contributed by atoms with Crippen molar-refractivity contribution < 1.29 is 4.74 Å². The number of nitrogens with one attached hydrogen (secondary N) is 2. The molecule has 11 heteroatoms. The van der Waals surface area contributed by atoms with Crippen LogP contribution in [0.25, 0.3) is 5.69 Å². The first-order valence-electron chi connectivity index (χ1n) is 8.67. The van der Waals surface area contributed by atoms with E-state index in [9.17, 15) is 14.4 Å². The molecule has 0 unspecified atom stereocenters. The zero-order chi connectivity index (χ0) is 22.2. The van der Waals surface area contributed by atoms with Crippen LogP contribution < -0.4 is 21.5 Å². The van der Waals surface area contributed by atoms with Crippen LogP contribution in [0.1, 0.15) is 36.6 Å². The molecule has 0 bridgehead atoms. The zero-order valence-electron chi connectivity index (χ0n) is 16.0. The highest BCUT2D eigenvalue weighted by Gasteiger charge is 2.18. The third kappa shape index (κ3) is 3.87. The Bertz CT molecular complexity index is 1340. The number of ether oxygens (including phenoxy) is 1. The molecule has 0 atom stereocenters. The van der Waals surface area contributed by atoms with Crippen LogP contribution in [0.15, 0.2) is 32.7 Å². The Hall–Kier alpha value is -3.35. The molecule has 2 N–H and O–H groups in total. The Morgan fingerprint density at radius 1 is 1.17 bits per heavy atom. The van der Waals surface area contributed by atoms with E-state index >= 15 is 0 Å². The second kappa shape index (κ2) is 8.18. The highest BCUT2D eigenvalue weighted by molar-refractivity contribution is 6.37. The quantitative estimate of drug-likeness (QED) is 0.630. The van der Waals surface area contributed by atoms with Crippen LogP contribution in [0, 0.1) is 18.3 Å². The summed E-state index contributed by atoms with van der Waals surface area (Å²) in [4.78, 5) is 40.3. The van der Waals surface area contributed by atoms with Gasteiger partial charge in [-0.1, -0.05) is 37.0 Å². The summed E-state index contributed by atoms with van der Waals surface area (Å²) in [6, 6.07) is 4.29. The van der Waals surface area contributed by atoms with E-state index in [0.717, 1.165) is 4.68 Å². The van der Waals surface area contributed by atoms with E-state index in [1.54, 1.807) is 13.0 Å². The van der Waals surface area contributed by atoms with Gasteiger partial charge in [0, 0.05) is 17.3 Å². The highest BCUT2D eigenvalue weighted by atomic mass is 35.5. The van der Waals surface area contributed by atoms with Crippen LogP contribution in [0.5, 0.6) is 11.5 Å². The van der Waals surface area contributed by atoms with Crippen molar-refractivity contribution in [2.45, 2.75) is 26.7 Å². The van der Waals surface area contributed by atoms with Crippen LogP contribution in [-0.2, 0) is 0 Å². The molecular formula is C19H15Cl2N5O4. The molecular weight excluding hydrogens is 433 g/mol. The number of nitriles is 1. The molecule has 2 aromatic heterocycles. The molecule has 3 aromatic rings. The Balaban J connectivity index is 2.09. The van der Waals surface area contributed by atoms with Crippen molar-refractivity contribution >= 4 is 23.2 Å². The van der Waals surface area contributed by atoms with Crippen LogP contribution in [0.4, 0.5) is 0 Å². The van der Waals surface area contributed by atoms with Crippen molar-refractivity contribution in [1.29, 1.82) is 5.26 Å². The molecule has 0 aliphatic heterocycles.